The Bertz CT molecular complexity index is 558. The lowest BCUT2D eigenvalue weighted by molar-refractivity contribution is 0.199. The molecule has 1 atom stereocenters. The zero-order chi connectivity index (χ0) is 14.5. The van der Waals surface area contributed by atoms with Crippen LogP contribution in [0.3, 0.4) is 0 Å². The number of anilines is 1. The Morgan fingerprint density at radius 3 is 2.65 bits per heavy atom. The van der Waals surface area contributed by atoms with Crippen LogP contribution < -0.4 is 4.90 Å². The fourth-order valence-electron chi connectivity index (χ4n) is 2.24. The molecule has 1 aromatic carbocycles. The quantitative estimate of drug-likeness (QED) is 0.908. The lowest BCUT2D eigenvalue weighted by Crippen LogP contribution is -2.25. The first-order valence-corrected chi connectivity index (χ1v) is 6.74. The van der Waals surface area contributed by atoms with Crippen molar-refractivity contribution in [3.63, 3.8) is 0 Å². The third-order valence-electron chi connectivity index (χ3n) is 3.25. The van der Waals surface area contributed by atoms with E-state index in [-0.39, 0.29) is 5.82 Å². The second-order valence-corrected chi connectivity index (χ2v) is 4.69. The predicted molar refractivity (Wildman–Crippen MR) is 78.0 cm³/mol. The number of pyridine rings is 1. The van der Waals surface area contributed by atoms with E-state index in [0.717, 1.165) is 5.69 Å². The SMILES string of the molecule is CCN(Cc1ccccn1)c1c(F)cccc1[C@H](C)O. The predicted octanol–water partition coefficient (Wildman–Crippen LogP) is 3.30. The Labute approximate surface area is 118 Å². The first kappa shape index (κ1) is 14.5. The summed E-state index contributed by atoms with van der Waals surface area (Å²) < 4.78 is 14.2. The minimum Gasteiger partial charge on any atom is -0.389 e. The summed E-state index contributed by atoms with van der Waals surface area (Å²) in [6, 6.07) is 10.5. The molecule has 0 aliphatic rings. The highest BCUT2D eigenvalue weighted by molar-refractivity contribution is 5.55. The molecule has 2 rings (SSSR count). The van der Waals surface area contributed by atoms with Crippen LogP contribution in [0.4, 0.5) is 10.1 Å². The number of nitrogens with zero attached hydrogens (tertiary/aromatic N) is 2. The Hall–Kier alpha value is -1.94. The molecule has 0 aliphatic heterocycles. The number of benzene rings is 1. The van der Waals surface area contributed by atoms with E-state index in [1.807, 2.05) is 30.0 Å². The van der Waals surface area contributed by atoms with Crippen molar-refractivity contribution < 1.29 is 9.50 Å². The van der Waals surface area contributed by atoms with Gasteiger partial charge in [0.1, 0.15) is 5.82 Å². The van der Waals surface area contributed by atoms with Gasteiger partial charge >= 0.3 is 0 Å². The topological polar surface area (TPSA) is 36.4 Å². The first-order valence-electron chi connectivity index (χ1n) is 6.74. The minimum absolute atomic E-state index is 0.318. The number of halogens is 1. The molecule has 0 radical (unpaired) electrons. The second kappa shape index (κ2) is 6.48. The molecule has 0 fully saturated rings. The van der Waals surface area contributed by atoms with Crippen LogP contribution in [0.25, 0.3) is 0 Å². The summed E-state index contributed by atoms with van der Waals surface area (Å²) in [5, 5.41) is 9.83. The van der Waals surface area contributed by atoms with E-state index in [1.165, 1.54) is 6.07 Å². The van der Waals surface area contributed by atoms with E-state index in [4.69, 9.17) is 0 Å². The van der Waals surface area contributed by atoms with E-state index in [1.54, 1.807) is 25.3 Å². The highest BCUT2D eigenvalue weighted by Gasteiger charge is 2.18. The van der Waals surface area contributed by atoms with Crippen molar-refractivity contribution in [2.45, 2.75) is 26.5 Å². The van der Waals surface area contributed by atoms with Crippen LogP contribution in [0.2, 0.25) is 0 Å². The summed E-state index contributed by atoms with van der Waals surface area (Å²) >= 11 is 0. The summed E-state index contributed by atoms with van der Waals surface area (Å²) in [5.74, 6) is -0.318. The summed E-state index contributed by atoms with van der Waals surface area (Å²) in [7, 11) is 0. The lowest BCUT2D eigenvalue weighted by atomic mass is 10.1. The van der Waals surface area contributed by atoms with Gasteiger partial charge in [0, 0.05) is 18.3 Å². The number of para-hydroxylation sites is 1. The third-order valence-corrected chi connectivity index (χ3v) is 3.25. The lowest BCUT2D eigenvalue weighted by Gasteiger charge is -2.26. The summed E-state index contributed by atoms with van der Waals surface area (Å²) in [5.41, 5.74) is 1.92. The van der Waals surface area contributed by atoms with E-state index in [0.29, 0.717) is 24.3 Å². The molecular weight excluding hydrogens is 255 g/mol. The average Bonchev–Trinajstić information content (AvgIpc) is 2.46. The van der Waals surface area contributed by atoms with E-state index in [2.05, 4.69) is 4.98 Å². The van der Waals surface area contributed by atoms with Crippen molar-refractivity contribution in [1.29, 1.82) is 0 Å². The Morgan fingerprint density at radius 1 is 1.25 bits per heavy atom. The molecule has 3 nitrogen and oxygen atoms in total. The number of aliphatic hydroxyl groups excluding tert-OH is 1. The summed E-state index contributed by atoms with van der Waals surface area (Å²) in [6.07, 6.45) is 1.01. The van der Waals surface area contributed by atoms with Gasteiger partial charge in [0.25, 0.3) is 0 Å². The molecule has 1 heterocycles. The molecule has 0 spiro atoms. The molecular formula is C16H19FN2O. The summed E-state index contributed by atoms with van der Waals surface area (Å²) in [6.45, 7) is 4.75. The van der Waals surface area contributed by atoms with Gasteiger partial charge in [0.05, 0.1) is 24.0 Å². The number of aliphatic hydroxyl groups is 1. The molecule has 0 saturated heterocycles. The van der Waals surface area contributed by atoms with Crippen LogP contribution in [0.5, 0.6) is 0 Å². The van der Waals surface area contributed by atoms with Gasteiger partial charge < -0.3 is 10.0 Å². The number of aromatic nitrogens is 1. The Kier molecular flexibility index (Phi) is 4.69. The standard InChI is InChI=1S/C16H19FN2O/c1-3-19(11-13-7-4-5-10-18-13)16-14(12(2)20)8-6-9-15(16)17/h4-10,12,20H,3,11H2,1-2H3/t12-/m0/s1. The minimum atomic E-state index is -0.710. The molecule has 4 heteroatoms. The second-order valence-electron chi connectivity index (χ2n) is 4.69. The average molecular weight is 274 g/mol. The van der Waals surface area contributed by atoms with Crippen molar-refractivity contribution in [3.8, 4) is 0 Å². The molecule has 106 valence electrons. The van der Waals surface area contributed by atoms with Crippen molar-refractivity contribution >= 4 is 5.69 Å². The molecule has 0 aliphatic carbocycles. The van der Waals surface area contributed by atoms with Crippen LogP contribution in [0.15, 0.2) is 42.6 Å². The monoisotopic (exact) mass is 274 g/mol. The van der Waals surface area contributed by atoms with Crippen molar-refractivity contribution in [2.75, 3.05) is 11.4 Å². The van der Waals surface area contributed by atoms with E-state index < -0.39 is 6.10 Å². The van der Waals surface area contributed by atoms with Crippen molar-refractivity contribution in [1.82, 2.24) is 4.98 Å². The van der Waals surface area contributed by atoms with Crippen LogP contribution >= 0.6 is 0 Å². The van der Waals surface area contributed by atoms with E-state index >= 15 is 0 Å². The Morgan fingerprint density at radius 2 is 2.05 bits per heavy atom. The van der Waals surface area contributed by atoms with Gasteiger partial charge in [-0.3, -0.25) is 4.98 Å². The van der Waals surface area contributed by atoms with Crippen LogP contribution in [-0.2, 0) is 6.54 Å². The maximum Gasteiger partial charge on any atom is 0.146 e. The van der Waals surface area contributed by atoms with Crippen LogP contribution in [0, 0.1) is 5.82 Å². The van der Waals surface area contributed by atoms with Gasteiger partial charge in [-0.15, -0.1) is 0 Å². The normalized spacial score (nSPS) is 12.2. The zero-order valence-corrected chi connectivity index (χ0v) is 11.8. The van der Waals surface area contributed by atoms with Crippen LogP contribution in [-0.4, -0.2) is 16.6 Å². The molecule has 0 unspecified atom stereocenters. The number of hydrogen-bond acceptors (Lipinski definition) is 3. The maximum atomic E-state index is 14.2. The van der Waals surface area contributed by atoms with Gasteiger partial charge in [-0.1, -0.05) is 18.2 Å². The van der Waals surface area contributed by atoms with Crippen LogP contribution in [0.1, 0.15) is 31.2 Å². The zero-order valence-electron chi connectivity index (χ0n) is 11.8. The Balaban J connectivity index is 2.37. The fraction of sp³-hybridized carbons (Fsp3) is 0.312. The van der Waals surface area contributed by atoms with E-state index in [9.17, 15) is 9.50 Å². The number of rotatable bonds is 5. The maximum absolute atomic E-state index is 14.2. The molecule has 0 bridgehead atoms. The number of hydrogen-bond donors (Lipinski definition) is 1. The van der Waals surface area contributed by atoms with Gasteiger partial charge in [0.15, 0.2) is 0 Å². The highest BCUT2D eigenvalue weighted by Crippen LogP contribution is 2.30. The fourth-order valence-corrected chi connectivity index (χ4v) is 2.24. The van der Waals surface area contributed by atoms with Gasteiger partial charge in [0.2, 0.25) is 0 Å². The highest BCUT2D eigenvalue weighted by atomic mass is 19.1. The molecule has 2 aromatic rings. The summed E-state index contributed by atoms with van der Waals surface area (Å²) in [4.78, 5) is 6.16. The third kappa shape index (κ3) is 3.14. The molecule has 20 heavy (non-hydrogen) atoms. The first-order chi connectivity index (χ1) is 9.63. The van der Waals surface area contributed by atoms with Crippen molar-refractivity contribution in [2.24, 2.45) is 0 Å². The van der Waals surface area contributed by atoms with Crippen molar-refractivity contribution in [3.05, 3.63) is 59.7 Å². The largest absolute Gasteiger partial charge is 0.389 e. The van der Waals surface area contributed by atoms with Gasteiger partial charge in [-0.05, 0) is 32.0 Å². The smallest absolute Gasteiger partial charge is 0.146 e. The molecule has 0 saturated carbocycles. The molecule has 0 amide bonds. The molecule has 1 aromatic heterocycles. The molecule has 1 N–H and O–H groups in total. The van der Waals surface area contributed by atoms with Gasteiger partial charge in [-0.2, -0.15) is 0 Å². The van der Waals surface area contributed by atoms with Gasteiger partial charge in [-0.25, -0.2) is 4.39 Å².